The van der Waals surface area contributed by atoms with Crippen LogP contribution in [0.2, 0.25) is 0 Å². The van der Waals surface area contributed by atoms with Crippen molar-refractivity contribution in [2.24, 2.45) is 0 Å². The maximum atomic E-state index is 10.7. The van der Waals surface area contributed by atoms with Gasteiger partial charge in [-0.1, -0.05) is 12.1 Å². The van der Waals surface area contributed by atoms with Crippen molar-refractivity contribution in [1.82, 2.24) is 19.5 Å². The standard InChI is InChI=1S/C22H18N8O2/c23-13-16-1-3-17(4-2-16)22-19(29-12-11-24-15-29)6-8-21(28-22)26-10-9-25-20-7-5-18(14-27-20)30(31)32/h1-8,11-12,14-15H,9-10H2,(H,25,27)(H,26,28). The number of benzene rings is 1. The lowest BCUT2D eigenvalue weighted by molar-refractivity contribution is -0.385. The molecule has 0 aliphatic heterocycles. The van der Waals surface area contributed by atoms with Crippen molar-refractivity contribution in [1.29, 1.82) is 5.26 Å². The summed E-state index contributed by atoms with van der Waals surface area (Å²) < 4.78 is 1.88. The topological polar surface area (TPSA) is 135 Å². The van der Waals surface area contributed by atoms with Crippen LogP contribution in [0.4, 0.5) is 17.3 Å². The van der Waals surface area contributed by atoms with Crippen molar-refractivity contribution < 1.29 is 4.92 Å². The second kappa shape index (κ2) is 9.36. The van der Waals surface area contributed by atoms with Crippen molar-refractivity contribution in [2.45, 2.75) is 0 Å². The van der Waals surface area contributed by atoms with Crippen LogP contribution in [0.5, 0.6) is 0 Å². The van der Waals surface area contributed by atoms with Gasteiger partial charge in [-0.25, -0.2) is 15.0 Å². The number of nitro groups is 1. The van der Waals surface area contributed by atoms with Crippen molar-refractivity contribution in [3.8, 4) is 23.0 Å². The van der Waals surface area contributed by atoms with Crippen molar-refractivity contribution in [3.63, 3.8) is 0 Å². The first-order valence-electron chi connectivity index (χ1n) is 9.72. The van der Waals surface area contributed by atoms with Gasteiger partial charge in [0.05, 0.1) is 34.3 Å². The minimum Gasteiger partial charge on any atom is -0.368 e. The molecule has 0 aliphatic rings. The van der Waals surface area contributed by atoms with Crippen molar-refractivity contribution in [3.05, 3.63) is 89.1 Å². The number of nitriles is 1. The van der Waals surface area contributed by atoms with E-state index < -0.39 is 4.92 Å². The summed E-state index contributed by atoms with van der Waals surface area (Å²) >= 11 is 0. The summed E-state index contributed by atoms with van der Waals surface area (Å²) in [5, 5.41) is 26.1. The number of nitrogens with zero attached hydrogens (tertiary/aromatic N) is 6. The van der Waals surface area contributed by atoms with E-state index in [-0.39, 0.29) is 5.69 Å². The molecule has 2 N–H and O–H groups in total. The molecule has 0 saturated carbocycles. The minimum atomic E-state index is -0.483. The summed E-state index contributed by atoms with van der Waals surface area (Å²) in [7, 11) is 0. The van der Waals surface area contributed by atoms with Gasteiger partial charge in [-0.05, 0) is 30.3 Å². The predicted molar refractivity (Wildman–Crippen MR) is 119 cm³/mol. The third-order valence-electron chi connectivity index (χ3n) is 4.64. The van der Waals surface area contributed by atoms with Gasteiger partial charge in [0, 0.05) is 37.1 Å². The van der Waals surface area contributed by atoms with Crippen LogP contribution < -0.4 is 10.6 Å². The molecule has 0 amide bonds. The van der Waals surface area contributed by atoms with E-state index in [1.165, 1.54) is 12.3 Å². The smallest absolute Gasteiger partial charge is 0.287 e. The van der Waals surface area contributed by atoms with Crippen LogP contribution in [-0.2, 0) is 0 Å². The van der Waals surface area contributed by atoms with Gasteiger partial charge in [0.2, 0.25) is 0 Å². The third-order valence-corrected chi connectivity index (χ3v) is 4.64. The van der Waals surface area contributed by atoms with Gasteiger partial charge in [0.25, 0.3) is 5.69 Å². The van der Waals surface area contributed by atoms with E-state index in [2.05, 4.69) is 26.7 Å². The van der Waals surface area contributed by atoms with E-state index in [4.69, 9.17) is 10.2 Å². The first kappa shape index (κ1) is 20.5. The second-order valence-electron chi connectivity index (χ2n) is 6.74. The Morgan fingerprint density at radius 3 is 2.41 bits per heavy atom. The van der Waals surface area contributed by atoms with E-state index >= 15 is 0 Å². The first-order chi connectivity index (χ1) is 15.6. The quantitative estimate of drug-likeness (QED) is 0.248. The van der Waals surface area contributed by atoms with Crippen LogP contribution in [0.25, 0.3) is 16.9 Å². The van der Waals surface area contributed by atoms with E-state index in [0.717, 1.165) is 16.9 Å². The number of imidazole rings is 1. The molecule has 0 unspecified atom stereocenters. The fourth-order valence-corrected chi connectivity index (χ4v) is 3.06. The number of pyridine rings is 2. The minimum absolute atomic E-state index is 0.0498. The lowest BCUT2D eigenvalue weighted by atomic mass is 10.1. The Hall–Kier alpha value is -4.78. The number of rotatable bonds is 8. The average molecular weight is 426 g/mol. The SMILES string of the molecule is N#Cc1ccc(-c2nc(NCCNc3ccc([N+](=O)[O-])cn3)ccc2-n2ccnc2)cc1. The normalized spacial score (nSPS) is 10.3. The molecule has 0 bridgehead atoms. The van der Waals surface area contributed by atoms with Crippen LogP contribution in [0.1, 0.15) is 5.56 Å². The van der Waals surface area contributed by atoms with Crippen LogP contribution in [0, 0.1) is 21.4 Å². The largest absolute Gasteiger partial charge is 0.368 e. The third kappa shape index (κ3) is 4.68. The predicted octanol–water partition coefficient (Wildman–Crippen LogP) is 3.63. The zero-order valence-corrected chi connectivity index (χ0v) is 16.8. The Labute approximate surface area is 183 Å². The number of hydrogen-bond acceptors (Lipinski definition) is 8. The molecule has 158 valence electrons. The molecule has 10 heteroatoms. The summed E-state index contributed by atoms with van der Waals surface area (Å²) in [5.41, 5.74) is 3.03. The molecule has 3 heterocycles. The second-order valence-corrected chi connectivity index (χ2v) is 6.74. The molecular weight excluding hydrogens is 408 g/mol. The Balaban J connectivity index is 1.47. The highest BCUT2D eigenvalue weighted by Gasteiger charge is 2.11. The maximum absolute atomic E-state index is 10.7. The lowest BCUT2D eigenvalue weighted by Gasteiger charge is -2.13. The highest BCUT2D eigenvalue weighted by Crippen LogP contribution is 2.27. The van der Waals surface area contributed by atoms with Gasteiger partial charge in [-0.2, -0.15) is 5.26 Å². The van der Waals surface area contributed by atoms with Gasteiger partial charge >= 0.3 is 0 Å². The number of hydrogen-bond donors (Lipinski definition) is 2. The molecule has 0 saturated heterocycles. The average Bonchev–Trinajstić information content (AvgIpc) is 3.37. The van der Waals surface area contributed by atoms with E-state index in [1.807, 2.05) is 35.0 Å². The van der Waals surface area contributed by atoms with Crippen molar-refractivity contribution >= 4 is 17.3 Å². The van der Waals surface area contributed by atoms with Gasteiger partial charge in [-0.15, -0.1) is 0 Å². The lowest BCUT2D eigenvalue weighted by Crippen LogP contribution is -2.15. The highest BCUT2D eigenvalue weighted by molar-refractivity contribution is 5.71. The molecule has 4 rings (SSSR count). The fraction of sp³-hybridized carbons (Fsp3) is 0.0909. The number of nitrogens with one attached hydrogen (secondary N) is 2. The zero-order chi connectivity index (χ0) is 22.3. The maximum Gasteiger partial charge on any atom is 0.287 e. The first-order valence-corrected chi connectivity index (χ1v) is 9.72. The molecule has 0 aliphatic carbocycles. The Kier molecular flexibility index (Phi) is 5.99. The highest BCUT2D eigenvalue weighted by atomic mass is 16.6. The molecule has 0 radical (unpaired) electrons. The summed E-state index contributed by atoms with van der Waals surface area (Å²) in [4.78, 5) is 23.1. The van der Waals surface area contributed by atoms with Gasteiger partial charge in [-0.3, -0.25) is 10.1 Å². The summed E-state index contributed by atoms with van der Waals surface area (Å²) in [6, 6.07) is 16.2. The number of anilines is 2. The molecule has 10 nitrogen and oxygen atoms in total. The Morgan fingerprint density at radius 2 is 1.78 bits per heavy atom. The van der Waals surface area contributed by atoms with Crippen LogP contribution in [0.3, 0.4) is 0 Å². The van der Waals surface area contributed by atoms with E-state index in [1.54, 1.807) is 30.7 Å². The Morgan fingerprint density at radius 1 is 1.03 bits per heavy atom. The summed E-state index contributed by atoms with van der Waals surface area (Å²) in [6.07, 6.45) is 6.47. The molecule has 1 aromatic carbocycles. The molecule has 0 spiro atoms. The van der Waals surface area contributed by atoms with E-state index in [9.17, 15) is 10.1 Å². The zero-order valence-electron chi connectivity index (χ0n) is 16.8. The summed E-state index contributed by atoms with van der Waals surface area (Å²) in [5.74, 6) is 1.24. The van der Waals surface area contributed by atoms with Gasteiger partial charge in [0.15, 0.2) is 0 Å². The number of aromatic nitrogens is 4. The summed E-state index contributed by atoms with van der Waals surface area (Å²) in [6.45, 7) is 1.10. The fourth-order valence-electron chi connectivity index (χ4n) is 3.06. The molecule has 3 aromatic heterocycles. The molecule has 0 atom stereocenters. The molecule has 0 fully saturated rings. The van der Waals surface area contributed by atoms with Crippen LogP contribution >= 0.6 is 0 Å². The molecule has 32 heavy (non-hydrogen) atoms. The Bertz CT molecular complexity index is 1250. The van der Waals surface area contributed by atoms with Crippen LogP contribution in [0.15, 0.2) is 73.4 Å². The van der Waals surface area contributed by atoms with Crippen LogP contribution in [-0.4, -0.2) is 37.5 Å². The van der Waals surface area contributed by atoms with Gasteiger partial charge in [0.1, 0.15) is 17.8 Å². The van der Waals surface area contributed by atoms with Gasteiger partial charge < -0.3 is 15.2 Å². The van der Waals surface area contributed by atoms with Crippen molar-refractivity contribution in [2.75, 3.05) is 23.7 Å². The monoisotopic (exact) mass is 426 g/mol. The molecular formula is C22H18N8O2. The molecule has 4 aromatic rings. The van der Waals surface area contributed by atoms with E-state index in [0.29, 0.717) is 30.3 Å².